The van der Waals surface area contributed by atoms with Gasteiger partial charge in [0.25, 0.3) is 5.91 Å². The van der Waals surface area contributed by atoms with Crippen LogP contribution in [0.4, 0.5) is 11.6 Å². The number of nitrogens with zero attached hydrogens (tertiary/aromatic N) is 4. The molecule has 7 nitrogen and oxygen atoms in total. The number of allylic oxidation sites excluding steroid dienone is 1. The zero-order valence-electron chi connectivity index (χ0n) is 13.5. The zero-order valence-corrected chi connectivity index (χ0v) is 13.5. The average molecular weight is 332 g/mol. The Morgan fingerprint density at radius 3 is 2.68 bits per heavy atom. The lowest BCUT2D eigenvalue weighted by molar-refractivity contribution is -0.113. The fourth-order valence-electron chi connectivity index (χ4n) is 2.96. The molecule has 124 valence electrons. The highest BCUT2D eigenvalue weighted by molar-refractivity contribution is 6.05. The van der Waals surface area contributed by atoms with Gasteiger partial charge in [0.2, 0.25) is 5.95 Å². The molecule has 1 atom stereocenters. The van der Waals surface area contributed by atoms with E-state index in [0.717, 1.165) is 16.9 Å². The van der Waals surface area contributed by atoms with Gasteiger partial charge in [-0.25, -0.2) is 4.68 Å². The van der Waals surface area contributed by atoms with Crippen LogP contribution < -0.4 is 10.6 Å². The molecule has 1 aliphatic rings. The number of aromatic nitrogens is 4. The first-order chi connectivity index (χ1) is 12.2. The van der Waals surface area contributed by atoms with Gasteiger partial charge in [-0.15, -0.1) is 0 Å². The van der Waals surface area contributed by atoms with Gasteiger partial charge in [0.05, 0.1) is 5.57 Å². The summed E-state index contributed by atoms with van der Waals surface area (Å²) in [5.41, 5.74) is 3.00. The smallest absolute Gasteiger partial charge is 0.255 e. The van der Waals surface area contributed by atoms with Gasteiger partial charge in [0.1, 0.15) is 12.4 Å². The summed E-state index contributed by atoms with van der Waals surface area (Å²) in [4.78, 5) is 21.3. The molecule has 0 spiro atoms. The van der Waals surface area contributed by atoms with Crippen molar-refractivity contribution in [2.24, 2.45) is 0 Å². The van der Waals surface area contributed by atoms with Gasteiger partial charge in [-0.2, -0.15) is 10.1 Å². The summed E-state index contributed by atoms with van der Waals surface area (Å²) in [6.07, 6.45) is 4.88. The molecule has 2 aromatic heterocycles. The lowest BCUT2D eigenvalue weighted by Crippen LogP contribution is -2.31. The minimum absolute atomic E-state index is 0.181. The second-order valence-corrected chi connectivity index (χ2v) is 5.70. The number of hydrogen-bond acceptors (Lipinski definition) is 5. The topological polar surface area (TPSA) is 84.7 Å². The lowest BCUT2D eigenvalue weighted by atomic mass is 9.96. The van der Waals surface area contributed by atoms with Crippen molar-refractivity contribution >= 4 is 17.5 Å². The predicted molar refractivity (Wildman–Crippen MR) is 93.8 cm³/mol. The van der Waals surface area contributed by atoms with Gasteiger partial charge in [-0.3, -0.25) is 9.78 Å². The van der Waals surface area contributed by atoms with Crippen molar-refractivity contribution < 1.29 is 4.79 Å². The lowest BCUT2D eigenvalue weighted by Gasteiger charge is -2.28. The van der Waals surface area contributed by atoms with Crippen LogP contribution >= 0.6 is 0 Å². The van der Waals surface area contributed by atoms with Crippen molar-refractivity contribution in [3.8, 4) is 0 Å². The van der Waals surface area contributed by atoms with Crippen molar-refractivity contribution in [3.63, 3.8) is 0 Å². The van der Waals surface area contributed by atoms with E-state index in [9.17, 15) is 4.79 Å². The molecule has 4 rings (SSSR count). The molecule has 1 aromatic carbocycles. The van der Waals surface area contributed by atoms with E-state index < -0.39 is 0 Å². The van der Waals surface area contributed by atoms with Crippen molar-refractivity contribution in [3.05, 3.63) is 78.0 Å². The minimum Gasteiger partial charge on any atom is -0.328 e. The Morgan fingerprint density at radius 2 is 1.92 bits per heavy atom. The number of amides is 1. The molecular formula is C18H16N6O. The van der Waals surface area contributed by atoms with E-state index in [0.29, 0.717) is 11.5 Å². The summed E-state index contributed by atoms with van der Waals surface area (Å²) in [6, 6.07) is 12.8. The first-order valence-electron chi connectivity index (χ1n) is 7.87. The number of carbonyl (C=O) groups is 1. The van der Waals surface area contributed by atoms with Crippen LogP contribution in [0.2, 0.25) is 0 Å². The molecule has 7 heteroatoms. The van der Waals surface area contributed by atoms with Crippen LogP contribution in [0.15, 0.2) is 72.5 Å². The molecule has 3 heterocycles. The van der Waals surface area contributed by atoms with Gasteiger partial charge in [-0.05, 0) is 36.8 Å². The Bertz CT molecular complexity index is 932. The van der Waals surface area contributed by atoms with E-state index in [1.807, 2.05) is 49.4 Å². The number of pyridine rings is 1. The number of anilines is 2. The van der Waals surface area contributed by atoms with E-state index in [-0.39, 0.29) is 11.9 Å². The Morgan fingerprint density at radius 1 is 1.16 bits per heavy atom. The molecule has 2 N–H and O–H groups in total. The van der Waals surface area contributed by atoms with Crippen LogP contribution in [0.3, 0.4) is 0 Å². The molecular weight excluding hydrogens is 316 g/mol. The standard InChI is InChI=1S/C18H16N6O/c1-12-15(17(25)23-14-5-3-2-4-6-14)16(13-7-9-19-10-8-13)24-18(22-12)20-11-21-24/h2-11,16H,1H3,(H,23,25)(H,20,21,22)/t16-/m0/s1. The number of nitrogens with one attached hydrogen (secondary N) is 2. The van der Waals surface area contributed by atoms with E-state index in [1.54, 1.807) is 17.1 Å². The van der Waals surface area contributed by atoms with Crippen molar-refractivity contribution in [1.82, 2.24) is 19.7 Å². The molecule has 0 saturated heterocycles. The van der Waals surface area contributed by atoms with Gasteiger partial charge < -0.3 is 10.6 Å². The molecule has 1 aliphatic heterocycles. The molecule has 1 amide bonds. The maximum Gasteiger partial charge on any atom is 0.255 e. The highest BCUT2D eigenvalue weighted by atomic mass is 16.1. The second-order valence-electron chi connectivity index (χ2n) is 5.70. The SMILES string of the molecule is CC1=C(C(=O)Nc2ccccc2)[C@H](c2ccncc2)n2ncnc2N1. The number of rotatable bonds is 3. The summed E-state index contributed by atoms with van der Waals surface area (Å²) in [5, 5.41) is 10.4. The summed E-state index contributed by atoms with van der Waals surface area (Å²) in [6.45, 7) is 1.87. The molecule has 0 radical (unpaired) electrons. The van der Waals surface area contributed by atoms with Gasteiger partial charge in [0, 0.05) is 23.8 Å². The summed E-state index contributed by atoms with van der Waals surface area (Å²) < 4.78 is 1.71. The highest BCUT2D eigenvalue weighted by Gasteiger charge is 2.33. The Hall–Kier alpha value is -3.48. The van der Waals surface area contributed by atoms with E-state index in [1.165, 1.54) is 6.33 Å². The normalized spacial score (nSPS) is 16.1. The Kier molecular flexibility index (Phi) is 3.74. The third-order valence-corrected chi connectivity index (χ3v) is 4.09. The molecule has 25 heavy (non-hydrogen) atoms. The Balaban J connectivity index is 1.77. The van der Waals surface area contributed by atoms with Crippen LogP contribution in [0.5, 0.6) is 0 Å². The zero-order chi connectivity index (χ0) is 17.2. The molecule has 0 saturated carbocycles. The molecule has 0 unspecified atom stereocenters. The summed E-state index contributed by atoms with van der Waals surface area (Å²) >= 11 is 0. The van der Waals surface area contributed by atoms with Crippen molar-refractivity contribution in [2.75, 3.05) is 10.6 Å². The Labute approximate surface area is 144 Å². The highest BCUT2D eigenvalue weighted by Crippen LogP contribution is 2.34. The molecule has 0 bridgehead atoms. The van der Waals surface area contributed by atoms with E-state index in [2.05, 4.69) is 25.7 Å². The van der Waals surface area contributed by atoms with E-state index in [4.69, 9.17) is 0 Å². The number of para-hydroxylation sites is 1. The van der Waals surface area contributed by atoms with Crippen LogP contribution in [-0.2, 0) is 4.79 Å². The van der Waals surface area contributed by atoms with Crippen LogP contribution in [0.25, 0.3) is 0 Å². The number of benzene rings is 1. The summed E-state index contributed by atoms with van der Waals surface area (Å²) in [7, 11) is 0. The minimum atomic E-state index is -0.370. The summed E-state index contributed by atoms with van der Waals surface area (Å²) in [5.74, 6) is 0.426. The number of hydrogen-bond donors (Lipinski definition) is 2. The first kappa shape index (κ1) is 15.1. The van der Waals surface area contributed by atoms with Gasteiger partial charge in [0.15, 0.2) is 0 Å². The van der Waals surface area contributed by atoms with Crippen LogP contribution in [0.1, 0.15) is 18.5 Å². The number of carbonyl (C=O) groups excluding carboxylic acids is 1. The largest absolute Gasteiger partial charge is 0.328 e. The number of fused-ring (bicyclic) bond motifs is 1. The average Bonchev–Trinajstić information content (AvgIpc) is 3.10. The van der Waals surface area contributed by atoms with Crippen molar-refractivity contribution in [2.45, 2.75) is 13.0 Å². The van der Waals surface area contributed by atoms with Crippen molar-refractivity contribution in [1.29, 1.82) is 0 Å². The monoisotopic (exact) mass is 332 g/mol. The molecule has 3 aromatic rings. The molecule has 0 fully saturated rings. The van der Waals surface area contributed by atoms with Gasteiger partial charge >= 0.3 is 0 Å². The first-order valence-corrected chi connectivity index (χ1v) is 7.87. The fourth-order valence-corrected chi connectivity index (χ4v) is 2.96. The van der Waals surface area contributed by atoms with Crippen LogP contribution in [0, 0.1) is 0 Å². The van der Waals surface area contributed by atoms with E-state index >= 15 is 0 Å². The predicted octanol–water partition coefficient (Wildman–Crippen LogP) is 2.60. The fraction of sp³-hybridized carbons (Fsp3) is 0.111. The maximum absolute atomic E-state index is 13.0. The second kappa shape index (κ2) is 6.20. The third kappa shape index (κ3) is 2.76. The molecule has 0 aliphatic carbocycles. The quantitative estimate of drug-likeness (QED) is 0.770. The van der Waals surface area contributed by atoms with Gasteiger partial charge in [-0.1, -0.05) is 18.2 Å². The maximum atomic E-state index is 13.0. The third-order valence-electron chi connectivity index (χ3n) is 4.09. The van der Waals surface area contributed by atoms with Crippen LogP contribution in [-0.4, -0.2) is 25.7 Å².